The summed E-state index contributed by atoms with van der Waals surface area (Å²) < 4.78 is 0.995. The minimum Gasteiger partial charge on any atom is -0.480 e. The van der Waals surface area contributed by atoms with Gasteiger partial charge in [-0.1, -0.05) is 41.1 Å². The zero-order chi connectivity index (χ0) is 16.1. The number of hydrogen-bond acceptors (Lipinski definition) is 2. The third kappa shape index (κ3) is 3.88. The zero-order valence-corrected chi connectivity index (χ0v) is 14.4. The van der Waals surface area contributed by atoms with E-state index in [1.807, 2.05) is 31.2 Å². The molecule has 0 radical (unpaired) electrons. The van der Waals surface area contributed by atoms with Gasteiger partial charge in [0.25, 0.3) is 0 Å². The van der Waals surface area contributed by atoms with Gasteiger partial charge in [0.15, 0.2) is 0 Å². The molecule has 1 aliphatic heterocycles. The average molecular weight is 368 g/mol. The molecule has 1 aromatic carbocycles. The molecule has 2 rings (SSSR count). The van der Waals surface area contributed by atoms with Crippen LogP contribution in [0.2, 0.25) is 0 Å². The van der Waals surface area contributed by atoms with E-state index in [1.165, 1.54) is 0 Å². The number of amides is 1. The van der Waals surface area contributed by atoms with E-state index in [0.29, 0.717) is 25.8 Å². The van der Waals surface area contributed by atoms with Crippen LogP contribution in [0.25, 0.3) is 0 Å². The van der Waals surface area contributed by atoms with Crippen LogP contribution < -0.4 is 0 Å². The number of likely N-dealkylation sites (tertiary alicyclic amines) is 1. The second kappa shape index (κ2) is 7.77. The summed E-state index contributed by atoms with van der Waals surface area (Å²) >= 11 is 3.52. The van der Waals surface area contributed by atoms with Crippen molar-refractivity contribution in [3.63, 3.8) is 0 Å². The number of rotatable bonds is 5. The second-order valence-electron chi connectivity index (χ2n) is 5.78. The average Bonchev–Trinajstić information content (AvgIpc) is 2.53. The number of aliphatic carboxylic acids is 1. The van der Waals surface area contributed by atoms with Crippen LogP contribution >= 0.6 is 15.9 Å². The third-order valence-corrected chi connectivity index (χ3v) is 5.11. The van der Waals surface area contributed by atoms with Crippen molar-refractivity contribution in [3.05, 3.63) is 34.3 Å². The molecule has 1 N–H and O–H groups in total. The van der Waals surface area contributed by atoms with E-state index < -0.39 is 12.0 Å². The van der Waals surface area contributed by atoms with Crippen LogP contribution in [0.1, 0.15) is 38.2 Å². The van der Waals surface area contributed by atoms with Gasteiger partial charge in [-0.05, 0) is 43.7 Å². The van der Waals surface area contributed by atoms with Gasteiger partial charge in [0.1, 0.15) is 6.04 Å². The highest BCUT2D eigenvalue weighted by Crippen LogP contribution is 2.25. The van der Waals surface area contributed by atoms with Crippen LogP contribution in [0.5, 0.6) is 0 Å². The Morgan fingerprint density at radius 3 is 2.73 bits per heavy atom. The standard InChI is InChI=1S/C17H22BrNO3/c1-2-12(11-13-7-3-4-8-14(13)18)16(20)19-10-6-5-9-15(19)17(21)22/h3-4,7-8,12,15H,2,5-6,9-11H2,1H3,(H,21,22)/t12?,15-/m1/s1. The molecular formula is C17H22BrNO3. The molecule has 5 heteroatoms. The SMILES string of the molecule is CCC(Cc1ccccc1Br)C(=O)N1CCCC[C@@H]1C(=O)O. The first kappa shape index (κ1) is 17.0. The van der Waals surface area contributed by atoms with Crippen LogP contribution in [0.3, 0.4) is 0 Å². The highest BCUT2D eigenvalue weighted by Gasteiger charge is 2.34. The second-order valence-corrected chi connectivity index (χ2v) is 6.64. The number of hydrogen-bond donors (Lipinski definition) is 1. The normalized spacial score (nSPS) is 19.7. The lowest BCUT2D eigenvalue weighted by molar-refractivity contribution is -0.154. The molecule has 0 bridgehead atoms. The molecule has 2 atom stereocenters. The van der Waals surface area contributed by atoms with Gasteiger partial charge in [-0.2, -0.15) is 0 Å². The fourth-order valence-electron chi connectivity index (χ4n) is 3.02. The van der Waals surface area contributed by atoms with E-state index in [-0.39, 0.29) is 11.8 Å². The Morgan fingerprint density at radius 1 is 1.36 bits per heavy atom. The van der Waals surface area contributed by atoms with Crippen molar-refractivity contribution >= 4 is 27.8 Å². The summed E-state index contributed by atoms with van der Waals surface area (Å²) in [5, 5.41) is 9.34. The molecule has 0 saturated carbocycles. The maximum absolute atomic E-state index is 12.8. The van der Waals surface area contributed by atoms with Crippen molar-refractivity contribution in [1.29, 1.82) is 0 Å². The molecule has 1 unspecified atom stereocenters. The van der Waals surface area contributed by atoms with Gasteiger partial charge in [0, 0.05) is 16.9 Å². The Morgan fingerprint density at radius 2 is 2.09 bits per heavy atom. The van der Waals surface area contributed by atoms with Crippen LogP contribution in [-0.4, -0.2) is 34.5 Å². The Labute approximate surface area is 139 Å². The summed E-state index contributed by atoms with van der Waals surface area (Å²) in [6, 6.07) is 7.22. The first-order valence-corrected chi connectivity index (χ1v) is 8.60. The van der Waals surface area contributed by atoms with Crippen LogP contribution in [0.4, 0.5) is 0 Å². The summed E-state index contributed by atoms with van der Waals surface area (Å²) in [6.45, 7) is 2.54. The van der Waals surface area contributed by atoms with Gasteiger partial charge in [-0.15, -0.1) is 0 Å². The Hall–Kier alpha value is -1.36. The lowest BCUT2D eigenvalue weighted by Gasteiger charge is -2.35. The summed E-state index contributed by atoms with van der Waals surface area (Å²) in [5.74, 6) is -1.08. The number of nitrogens with zero attached hydrogens (tertiary/aromatic N) is 1. The molecule has 1 aliphatic rings. The number of halogens is 1. The molecule has 4 nitrogen and oxygen atoms in total. The largest absolute Gasteiger partial charge is 0.480 e. The molecule has 1 amide bonds. The minimum atomic E-state index is -0.885. The topological polar surface area (TPSA) is 57.6 Å². The molecular weight excluding hydrogens is 346 g/mol. The molecule has 0 spiro atoms. The summed E-state index contributed by atoms with van der Waals surface area (Å²) in [6.07, 6.45) is 3.68. The van der Waals surface area contributed by atoms with Crippen molar-refractivity contribution in [2.24, 2.45) is 5.92 Å². The van der Waals surface area contributed by atoms with E-state index in [0.717, 1.165) is 22.9 Å². The predicted octanol–water partition coefficient (Wildman–Crippen LogP) is 3.48. The summed E-state index contributed by atoms with van der Waals surface area (Å²) in [5.41, 5.74) is 1.09. The predicted molar refractivity (Wildman–Crippen MR) is 88.6 cm³/mol. The Kier molecular flexibility index (Phi) is 6.00. The summed E-state index contributed by atoms with van der Waals surface area (Å²) in [7, 11) is 0. The van der Waals surface area contributed by atoms with Crippen molar-refractivity contribution in [2.75, 3.05) is 6.54 Å². The first-order valence-electron chi connectivity index (χ1n) is 7.81. The minimum absolute atomic E-state index is 0.0228. The number of carboxylic acids is 1. The first-order chi connectivity index (χ1) is 10.5. The maximum atomic E-state index is 12.8. The maximum Gasteiger partial charge on any atom is 0.326 e. The number of piperidine rings is 1. The molecule has 1 fully saturated rings. The van der Waals surface area contributed by atoms with E-state index >= 15 is 0 Å². The number of carbonyl (C=O) groups is 2. The molecule has 1 heterocycles. The Bertz CT molecular complexity index is 546. The van der Waals surface area contributed by atoms with Gasteiger partial charge in [-0.25, -0.2) is 4.79 Å². The lowest BCUT2D eigenvalue weighted by atomic mass is 9.93. The number of carbonyl (C=O) groups excluding carboxylic acids is 1. The molecule has 0 aliphatic carbocycles. The van der Waals surface area contributed by atoms with Crippen molar-refractivity contribution < 1.29 is 14.7 Å². The van der Waals surface area contributed by atoms with E-state index in [4.69, 9.17) is 0 Å². The Balaban J connectivity index is 2.14. The lowest BCUT2D eigenvalue weighted by Crippen LogP contribution is -2.50. The fourth-order valence-corrected chi connectivity index (χ4v) is 3.47. The van der Waals surface area contributed by atoms with E-state index in [9.17, 15) is 14.7 Å². The highest BCUT2D eigenvalue weighted by atomic mass is 79.9. The molecule has 1 aromatic rings. The molecule has 120 valence electrons. The van der Waals surface area contributed by atoms with Crippen molar-refractivity contribution in [2.45, 2.75) is 45.1 Å². The van der Waals surface area contributed by atoms with Crippen molar-refractivity contribution in [3.8, 4) is 0 Å². The van der Waals surface area contributed by atoms with E-state index in [2.05, 4.69) is 15.9 Å². The van der Waals surface area contributed by atoms with Gasteiger partial charge >= 0.3 is 5.97 Å². The molecule has 0 aromatic heterocycles. The van der Waals surface area contributed by atoms with Crippen LogP contribution in [-0.2, 0) is 16.0 Å². The van der Waals surface area contributed by atoms with Crippen LogP contribution in [0, 0.1) is 5.92 Å². The van der Waals surface area contributed by atoms with Gasteiger partial charge < -0.3 is 10.0 Å². The number of carboxylic acid groups (broad SMARTS) is 1. The monoisotopic (exact) mass is 367 g/mol. The molecule has 22 heavy (non-hydrogen) atoms. The van der Waals surface area contributed by atoms with E-state index in [1.54, 1.807) is 4.90 Å². The van der Waals surface area contributed by atoms with Gasteiger partial charge in [0.05, 0.1) is 0 Å². The smallest absolute Gasteiger partial charge is 0.326 e. The quantitative estimate of drug-likeness (QED) is 0.866. The molecule has 1 saturated heterocycles. The fraction of sp³-hybridized carbons (Fsp3) is 0.529. The van der Waals surface area contributed by atoms with Gasteiger partial charge in [-0.3, -0.25) is 4.79 Å². The number of benzene rings is 1. The van der Waals surface area contributed by atoms with Crippen LogP contribution in [0.15, 0.2) is 28.7 Å². The van der Waals surface area contributed by atoms with Gasteiger partial charge in [0.2, 0.25) is 5.91 Å². The third-order valence-electron chi connectivity index (χ3n) is 4.34. The summed E-state index contributed by atoms with van der Waals surface area (Å²) in [4.78, 5) is 25.8. The zero-order valence-electron chi connectivity index (χ0n) is 12.8. The highest BCUT2D eigenvalue weighted by molar-refractivity contribution is 9.10. The van der Waals surface area contributed by atoms with Crippen molar-refractivity contribution in [1.82, 2.24) is 4.90 Å².